The fraction of sp³-hybridized carbons (Fsp3) is 0.875. The van der Waals surface area contributed by atoms with E-state index in [1.165, 1.54) is 11.9 Å². The van der Waals surface area contributed by atoms with Crippen molar-refractivity contribution in [3.8, 4) is 0 Å². The Kier molecular flexibility index (Phi) is 3.04. The maximum Gasteiger partial charge on any atom is 0.404 e. The van der Waals surface area contributed by atoms with E-state index in [2.05, 4.69) is 0 Å². The number of halogens is 3. The van der Waals surface area contributed by atoms with Gasteiger partial charge < -0.3 is 5.11 Å². The summed E-state index contributed by atoms with van der Waals surface area (Å²) >= 11 is 0. The van der Waals surface area contributed by atoms with Crippen LogP contribution in [0.1, 0.15) is 12.8 Å². The minimum Gasteiger partial charge on any atom is -0.481 e. The van der Waals surface area contributed by atoms with E-state index in [0.29, 0.717) is 13.0 Å². The number of nitrogens with zero attached hydrogens (tertiary/aromatic N) is 1. The molecule has 1 saturated heterocycles. The lowest BCUT2D eigenvalue weighted by molar-refractivity contribution is -0.183. The Morgan fingerprint density at radius 2 is 2.14 bits per heavy atom. The second-order valence-electron chi connectivity index (χ2n) is 3.61. The summed E-state index contributed by atoms with van der Waals surface area (Å²) in [4.78, 5) is 11.5. The third-order valence-electron chi connectivity index (χ3n) is 2.55. The molecule has 0 bridgehead atoms. The van der Waals surface area contributed by atoms with Gasteiger partial charge >= 0.3 is 12.1 Å². The van der Waals surface area contributed by atoms with Crippen LogP contribution in [-0.2, 0) is 4.79 Å². The van der Waals surface area contributed by atoms with Crippen molar-refractivity contribution in [2.45, 2.75) is 25.1 Å². The molecule has 0 aromatic heterocycles. The van der Waals surface area contributed by atoms with Crippen LogP contribution in [0.2, 0.25) is 0 Å². The van der Waals surface area contributed by atoms with Gasteiger partial charge in [-0.25, -0.2) is 0 Å². The van der Waals surface area contributed by atoms with Crippen molar-refractivity contribution in [1.29, 1.82) is 0 Å². The van der Waals surface area contributed by atoms with Crippen LogP contribution in [-0.4, -0.2) is 41.8 Å². The largest absolute Gasteiger partial charge is 0.481 e. The van der Waals surface area contributed by atoms with Crippen molar-refractivity contribution >= 4 is 5.97 Å². The topological polar surface area (TPSA) is 40.5 Å². The van der Waals surface area contributed by atoms with Crippen molar-refractivity contribution < 1.29 is 23.1 Å². The highest BCUT2D eigenvalue weighted by atomic mass is 19.4. The van der Waals surface area contributed by atoms with Crippen molar-refractivity contribution in [2.75, 3.05) is 13.6 Å². The Morgan fingerprint density at radius 1 is 1.57 bits per heavy atom. The fourth-order valence-corrected chi connectivity index (χ4v) is 1.98. The van der Waals surface area contributed by atoms with E-state index in [4.69, 9.17) is 5.11 Å². The lowest BCUT2D eigenvalue weighted by Gasteiger charge is -2.26. The van der Waals surface area contributed by atoms with Crippen LogP contribution < -0.4 is 0 Å². The number of carbonyl (C=O) groups is 1. The summed E-state index contributed by atoms with van der Waals surface area (Å²) in [5, 5.41) is 8.46. The average molecular weight is 211 g/mol. The first-order valence-corrected chi connectivity index (χ1v) is 4.31. The Labute approximate surface area is 79.5 Å². The van der Waals surface area contributed by atoms with Gasteiger partial charge in [0.05, 0.1) is 6.42 Å². The monoisotopic (exact) mass is 211 g/mol. The summed E-state index contributed by atoms with van der Waals surface area (Å²) < 4.78 is 37.4. The van der Waals surface area contributed by atoms with Crippen LogP contribution in [0.25, 0.3) is 0 Å². The van der Waals surface area contributed by atoms with Crippen LogP contribution in [0, 0.1) is 5.92 Å². The van der Waals surface area contributed by atoms with Gasteiger partial charge in [0.1, 0.15) is 6.04 Å². The molecule has 0 saturated carbocycles. The normalized spacial score (nSPS) is 29.4. The quantitative estimate of drug-likeness (QED) is 0.749. The third kappa shape index (κ3) is 2.37. The van der Waals surface area contributed by atoms with E-state index >= 15 is 0 Å². The Morgan fingerprint density at radius 3 is 2.57 bits per heavy atom. The highest BCUT2D eigenvalue weighted by molar-refractivity contribution is 5.67. The molecule has 2 unspecified atom stereocenters. The smallest absolute Gasteiger partial charge is 0.404 e. The molecule has 1 N–H and O–H groups in total. The number of aliphatic carboxylic acids is 1. The summed E-state index contributed by atoms with van der Waals surface area (Å²) in [7, 11) is 1.38. The third-order valence-corrected chi connectivity index (χ3v) is 2.55. The molecular formula is C8H12F3NO2. The van der Waals surface area contributed by atoms with Gasteiger partial charge in [0.15, 0.2) is 0 Å². The van der Waals surface area contributed by atoms with Crippen molar-refractivity contribution in [2.24, 2.45) is 5.92 Å². The predicted octanol–water partition coefficient (Wildman–Crippen LogP) is 1.34. The number of carboxylic acid groups (broad SMARTS) is 1. The number of alkyl halides is 3. The summed E-state index contributed by atoms with van der Waals surface area (Å²) in [6, 6.07) is -1.60. The molecule has 82 valence electrons. The summed E-state index contributed by atoms with van der Waals surface area (Å²) in [5.74, 6) is -1.97. The molecule has 14 heavy (non-hydrogen) atoms. The molecule has 2 atom stereocenters. The summed E-state index contributed by atoms with van der Waals surface area (Å²) in [6.45, 7) is 0.308. The zero-order valence-corrected chi connectivity index (χ0v) is 7.71. The highest BCUT2D eigenvalue weighted by Crippen LogP contribution is 2.37. The maximum absolute atomic E-state index is 12.5. The van der Waals surface area contributed by atoms with Crippen LogP contribution in [0.15, 0.2) is 0 Å². The lowest BCUT2D eigenvalue weighted by atomic mass is 9.96. The standard InChI is InChI=1S/C8H12F3NO2/c1-12-3-2-5(4-6(13)14)7(12)8(9,10)11/h5,7H,2-4H2,1H3,(H,13,14). The Hall–Kier alpha value is -0.780. The number of carboxylic acids is 1. The Bertz CT molecular complexity index is 229. The first kappa shape index (κ1) is 11.3. The minimum atomic E-state index is -4.33. The van der Waals surface area contributed by atoms with Crippen LogP contribution in [0.3, 0.4) is 0 Å². The Balaban J connectivity index is 2.72. The fourth-order valence-electron chi connectivity index (χ4n) is 1.98. The molecule has 1 aliphatic rings. The van der Waals surface area contributed by atoms with Gasteiger partial charge in [-0.15, -0.1) is 0 Å². The molecule has 6 heteroatoms. The average Bonchev–Trinajstić information content (AvgIpc) is 2.28. The van der Waals surface area contributed by atoms with Gasteiger partial charge in [0, 0.05) is 0 Å². The van der Waals surface area contributed by atoms with Gasteiger partial charge in [0.25, 0.3) is 0 Å². The van der Waals surface area contributed by atoms with Crippen LogP contribution in [0.4, 0.5) is 13.2 Å². The zero-order chi connectivity index (χ0) is 10.9. The van der Waals surface area contributed by atoms with Crippen LogP contribution in [0.5, 0.6) is 0 Å². The summed E-state index contributed by atoms with van der Waals surface area (Å²) in [5.41, 5.74) is 0. The van der Waals surface area contributed by atoms with Crippen molar-refractivity contribution in [1.82, 2.24) is 4.90 Å². The second kappa shape index (κ2) is 3.76. The maximum atomic E-state index is 12.5. The van der Waals surface area contributed by atoms with Gasteiger partial charge in [-0.3, -0.25) is 9.69 Å². The van der Waals surface area contributed by atoms with E-state index in [1.807, 2.05) is 0 Å². The molecule has 1 fully saturated rings. The molecule has 0 spiro atoms. The van der Waals surface area contributed by atoms with E-state index in [1.54, 1.807) is 0 Å². The molecule has 0 aliphatic carbocycles. The van der Waals surface area contributed by atoms with Gasteiger partial charge in [-0.1, -0.05) is 0 Å². The van der Waals surface area contributed by atoms with E-state index in [9.17, 15) is 18.0 Å². The first-order valence-electron chi connectivity index (χ1n) is 4.31. The lowest BCUT2D eigenvalue weighted by Crippen LogP contribution is -2.43. The second-order valence-corrected chi connectivity index (χ2v) is 3.61. The molecule has 3 nitrogen and oxygen atoms in total. The predicted molar refractivity (Wildman–Crippen MR) is 42.8 cm³/mol. The number of hydrogen-bond acceptors (Lipinski definition) is 2. The minimum absolute atomic E-state index is 0.299. The molecule has 0 aromatic rings. The zero-order valence-electron chi connectivity index (χ0n) is 7.71. The first-order chi connectivity index (χ1) is 6.32. The van der Waals surface area contributed by atoms with E-state index in [-0.39, 0.29) is 0 Å². The molecule has 0 radical (unpaired) electrons. The molecule has 0 aromatic carbocycles. The van der Waals surface area contributed by atoms with E-state index < -0.39 is 30.5 Å². The van der Waals surface area contributed by atoms with Crippen molar-refractivity contribution in [3.63, 3.8) is 0 Å². The SMILES string of the molecule is CN1CCC(CC(=O)O)C1C(F)(F)F. The van der Waals surface area contributed by atoms with Crippen molar-refractivity contribution in [3.05, 3.63) is 0 Å². The number of rotatable bonds is 2. The molecule has 1 rings (SSSR count). The van der Waals surface area contributed by atoms with Gasteiger partial charge in [-0.2, -0.15) is 13.2 Å². The molecule has 1 heterocycles. The van der Waals surface area contributed by atoms with Crippen LogP contribution >= 0.6 is 0 Å². The molecule has 0 amide bonds. The van der Waals surface area contributed by atoms with Gasteiger partial charge in [-0.05, 0) is 25.9 Å². The number of likely N-dealkylation sites (tertiary alicyclic amines) is 1. The molecular weight excluding hydrogens is 199 g/mol. The summed E-state index contributed by atoms with van der Waals surface area (Å²) in [6.07, 6.45) is -4.44. The highest BCUT2D eigenvalue weighted by Gasteiger charge is 2.50. The molecule has 1 aliphatic heterocycles. The van der Waals surface area contributed by atoms with Gasteiger partial charge in [0.2, 0.25) is 0 Å². The van der Waals surface area contributed by atoms with E-state index in [0.717, 1.165) is 0 Å². The number of hydrogen-bond donors (Lipinski definition) is 1.